The standard InChI is InChI=1S/C27H29FN4O4S/c1-15-23(16(2)36-31-15)24-19(17-9-10-21(29-6)20(28)12-17)13-22(37-24)25(33)32-11-7-8-18(14-32)30-26(34)35-27(3,4)5/h9-10,12-13,18H,7-8,11,14H2,1-5H3,(H,30,34)/t18-/m1/s1. The second-order valence-electron chi connectivity index (χ2n) is 10.1. The number of amides is 2. The predicted octanol–water partition coefficient (Wildman–Crippen LogP) is 6.51. The quantitative estimate of drug-likeness (QED) is 0.393. The van der Waals surface area contributed by atoms with Crippen LogP contribution in [0.3, 0.4) is 0 Å². The summed E-state index contributed by atoms with van der Waals surface area (Å²) in [7, 11) is 0. The molecule has 2 aromatic heterocycles. The maximum Gasteiger partial charge on any atom is 0.407 e. The molecule has 1 aliphatic heterocycles. The number of rotatable bonds is 4. The van der Waals surface area contributed by atoms with Crippen molar-refractivity contribution in [2.75, 3.05) is 13.1 Å². The first-order valence-corrected chi connectivity index (χ1v) is 12.8. The summed E-state index contributed by atoms with van der Waals surface area (Å²) in [6, 6.07) is 5.96. The number of nitrogens with one attached hydrogen (secondary N) is 1. The van der Waals surface area contributed by atoms with Crippen LogP contribution in [0.1, 0.15) is 54.7 Å². The molecule has 3 aromatic rings. The van der Waals surface area contributed by atoms with Gasteiger partial charge in [0.15, 0.2) is 0 Å². The lowest BCUT2D eigenvalue weighted by Crippen LogP contribution is -2.50. The van der Waals surface area contributed by atoms with Gasteiger partial charge in [0.1, 0.15) is 17.2 Å². The molecule has 194 valence electrons. The molecule has 0 saturated carbocycles. The van der Waals surface area contributed by atoms with Gasteiger partial charge < -0.3 is 19.5 Å². The Kier molecular flexibility index (Phi) is 7.37. The van der Waals surface area contributed by atoms with E-state index in [2.05, 4.69) is 15.3 Å². The highest BCUT2D eigenvalue weighted by atomic mass is 32.1. The van der Waals surface area contributed by atoms with Gasteiger partial charge in [0.05, 0.1) is 22.7 Å². The number of benzene rings is 1. The van der Waals surface area contributed by atoms with E-state index in [-0.39, 0.29) is 17.6 Å². The number of alkyl carbamates (subject to hydrolysis) is 1. The molecule has 1 N–H and O–H groups in total. The summed E-state index contributed by atoms with van der Waals surface area (Å²) in [6.45, 7) is 17.1. The van der Waals surface area contributed by atoms with Crippen LogP contribution in [0, 0.1) is 26.2 Å². The van der Waals surface area contributed by atoms with Crippen LogP contribution < -0.4 is 5.32 Å². The third-order valence-corrected chi connectivity index (χ3v) is 7.15. The van der Waals surface area contributed by atoms with Crippen LogP contribution in [0.2, 0.25) is 0 Å². The molecular formula is C27H29FN4O4S. The molecule has 0 spiro atoms. The molecule has 3 heterocycles. The fourth-order valence-corrected chi connectivity index (χ4v) is 5.67. The second-order valence-corrected chi connectivity index (χ2v) is 11.1. The molecule has 0 bridgehead atoms. The lowest BCUT2D eigenvalue weighted by molar-refractivity contribution is 0.0453. The molecule has 1 atom stereocenters. The first-order chi connectivity index (χ1) is 17.5. The van der Waals surface area contributed by atoms with Crippen molar-refractivity contribution in [2.24, 2.45) is 0 Å². The van der Waals surface area contributed by atoms with Crippen LogP contribution in [0.4, 0.5) is 14.9 Å². The SMILES string of the molecule is [C-]#[N+]c1ccc(-c2cc(C(=O)N3CCC[C@@H](NC(=O)OC(C)(C)C)C3)sc2-c2c(C)noc2C)cc1F. The molecule has 0 aliphatic carbocycles. The van der Waals surface area contributed by atoms with Crippen molar-refractivity contribution in [3.8, 4) is 21.6 Å². The number of piperidine rings is 1. The van der Waals surface area contributed by atoms with Crippen molar-refractivity contribution in [3.63, 3.8) is 0 Å². The molecule has 0 unspecified atom stereocenters. The van der Waals surface area contributed by atoms with Gasteiger partial charge >= 0.3 is 6.09 Å². The number of halogens is 1. The fourth-order valence-electron chi connectivity index (χ4n) is 4.38. The summed E-state index contributed by atoms with van der Waals surface area (Å²) in [4.78, 5) is 32.0. The number of aryl methyl sites for hydroxylation is 2. The Balaban J connectivity index is 1.65. The van der Waals surface area contributed by atoms with Gasteiger partial charge in [-0.05, 0) is 65.2 Å². The number of carbonyl (C=O) groups is 2. The van der Waals surface area contributed by atoms with Crippen molar-refractivity contribution in [3.05, 3.63) is 57.8 Å². The average molecular weight is 525 g/mol. The summed E-state index contributed by atoms with van der Waals surface area (Å²) in [5.41, 5.74) is 1.97. The normalized spacial score (nSPS) is 15.8. The number of hydrogen-bond donors (Lipinski definition) is 1. The van der Waals surface area contributed by atoms with Crippen LogP contribution in [0.5, 0.6) is 0 Å². The van der Waals surface area contributed by atoms with Crippen LogP contribution in [-0.2, 0) is 4.74 Å². The molecule has 1 aliphatic rings. The minimum Gasteiger partial charge on any atom is -0.444 e. The minimum atomic E-state index is -0.622. The van der Waals surface area contributed by atoms with Gasteiger partial charge in [-0.3, -0.25) is 4.79 Å². The number of carbonyl (C=O) groups excluding carboxylic acids is 2. The first kappa shape index (κ1) is 26.4. The molecule has 1 saturated heterocycles. The molecule has 1 aromatic carbocycles. The topological polar surface area (TPSA) is 89.0 Å². The number of aromatic nitrogens is 1. The number of likely N-dealkylation sites (tertiary alicyclic amines) is 1. The van der Waals surface area contributed by atoms with Gasteiger partial charge in [-0.25, -0.2) is 14.0 Å². The highest BCUT2D eigenvalue weighted by Crippen LogP contribution is 2.43. The molecule has 1 fully saturated rings. The fraction of sp³-hybridized carbons (Fsp3) is 0.407. The van der Waals surface area contributed by atoms with Crippen molar-refractivity contribution in [1.82, 2.24) is 15.4 Å². The summed E-state index contributed by atoms with van der Waals surface area (Å²) in [6.07, 6.45) is 0.982. The van der Waals surface area contributed by atoms with E-state index in [0.717, 1.165) is 23.3 Å². The van der Waals surface area contributed by atoms with Crippen LogP contribution >= 0.6 is 11.3 Å². The number of thiophene rings is 1. The second kappa shape index (κ2) is 10.3. The van der Waals surface area contributed by atoms with Gasteiger partial charge in [0.25, 0.3) is 5.91 Å². The zero-order valence-corrected chi connectivity index (χ0v) is 22.3. The van der Waals surface area contributed by atoms with Gasteiger partial charge in [0.2, 0.25) is 5.69 Å². The van der Waals surface area contributed by atoms with Crippen LogP contribution in [0.15, 0.2) is 28.8 Å². The van der Waals surface area contributed by atoms with Crippen LogP contribution in [0.25, 0.3) is 26.4 Å². The van der Waals surface area contributed by atoms with E-state index in [4.69, 9.17) is 15.8 Å². The zero-order chi connectivity index (χ0) is 26.9. The molecule has 4 rings (SSSR count). The zero-order valence-electron chi connectivity index (χ0n) is 21.5. The largest absolute Gasteiger partial charge is 0.444 e. The number of ether oxygens (including phenoxy) is 1. The van der Waals surface area contributed by atoms with Gasteiger partial charge in [-0.1, -0.05) is 17.3 Å². The molecule has 10 heteroatoms. The van der Waals surface area contributed by atoms with E-state index < -0.39 is 17.5 Å². The monoisotopic (exact) mass is 524 g/mol. The van der Waals surface area contributed by atoms with Gasteiger partial charge in [-0.15, -0.1) is 11.3 Å². The molecule has 37 heavy (non-hydrogen) atoms. The van der Waals surface area contributed by atoms with Crippen molar-refractivity contribution in [2.45, 2.75) is 59.1 Å². The van der Waals surface area contributed by atoms with E-state index >= 15 is 0 Å². The van der Waals surface area contributed by atoms with Crippen molar-refractivity contribution in [1.29, 1.82) is 0 Å². The molecule has 2 amide bonds. The van der Waals surface area contributed by atoms with E-state index in [0.29, 0.717) is 40.5 Å². The van der Waals surface area contributed by atoms with Crippen molar-refractivity contribution >= 4 is 29.0 Å². The summed E-state index contributed by atoms with van der Waals surface area (Å²) >= 11 is 1.29. The maximum atomic E-state index is 14.5. The Bertz CT molecular complexity index is 1360. The Morgan fingerprint density at radius 3 is 2.68 bits per heavy atom. The van der Waals surface area contributed by atoms with Gasteiger partial charge in [0, 0.05) is 29.6 Å². The predicted molar refractivity (Wildman–Crippen MR) is 139 cm³/mol. The molecule has 0 radical (unpaired) electrons. The Morgan fingerprint density at radius 2 is 2.05 bits per heavy atom. The first-order valence-electron chi connectivity index (χ1n) is 12.0. The van der Waals surface area contributed by atoms with E-state index in [9.17, 15) is 14.0 Å². The average Bonchev–Trinajstić information content (AvgIpc) is 3.40. The summed E-state index contributed by atoms with van der Waals surface area (Å²) in [5.74, 6) is -0.195. The van der Waals surface area contributed by atoms with E-state index in [1.54, 1.807) is 44.7 Å². The third-order valence-electron chi connectivity index (χ3n) is 6.01. The maximum absolute atomic E-state index is 14.5. The molecular weight excluding hydrogens is 495 g/mol. The minimum absolute atomic E-state index is 0.0639. The summed E-state index contributed by atoms with van der Waals surface area (Å²) in [5, 5.41) is 6.92. The third kappa shape index (κ3) is 5.83. The van der Waals surface area contributed by atoms with Gasteiger partial charge in [-0.2, -0.15) is 0 Å². The molecule has 8 nitrogen and oxygen atoms in total. The Morgan fingerprint density at radius 1 is 1.30 bits per heavy atom. The van der Waals surface area contributed by atoms with E-state index in [1.807, 2.05) is 6.92 Å². The van der Waals surface area contributed by atoms with Crippen molar-refractivity contribution < 1.29 is 23.2 Å². The number of nitrogens with zero attached hydrogens (tertiary/aromatic N) is 3. The summed E-state index contributed by atoms with van der Waals surface area (Å²) < 4.78 is 25.2. The number of hydrogen-bond acceptors (Lipinski definition) is 6. The van der Waals surface area contributed by atoms with Crippen LogP contribution in [-0.4, -0.2) is 46.8 Å². The smallest absolute Gasteiger partial charge is 0.407 e. The lowest BCUT2D eigenvalue weighted by Gasteiger charge is -2.33. The lowest BCUT2D eigenvalue weighted by atomic mass is 10.0. The van der Waals surface area contributed by atoms with E-state index in [1.165, 1.54) is 23.5 Å². The highest BCUT2D eigenvalue weighted by Gasteiger charge is 2.30. The Hall–Kier alpha value is -3.71. The highest BCUT2D eigenvalue weighted by molar-refractivity contribution is 7.18. The Labute approximate surface area is 219 Å².